The van der Waals surface area contributed by atoms with Crippen LogP contribution in [-0.2, 0) is 0 Å². The maximum absolute atomic E-state index is 12.8. The Bertz CT molecular complexity index is 1850. The molecule has 2 heterocycles. The normalized spacial score (nSPS) is 12.8. The summed E-state index contributed by atoms with van der Waals surface area (Å²) in [5.41, 5.74) is 7.98. The minimum absolute atomic E-state index is 0.175. The zero-order valence-corrected chi connectivity index (χ0v) is 26.3. The van der Waals surface area contributed by atoms with Gasteiger partial charge in [-0.05, 0) is 81.0 Å². The van der Waals surface area contributed by atoms with Crippen LogP contribution in [0, 0.1) is 27.7 Å². The third kappa shape index (κ3) is 7.69. The number of halogens is 3. The molecule has 0 bridgehead atoms. The van der Waals surface area contributed by atoms with Gasteiger partial charge in [-0.25, -0.2) is 14.5 Å². The van der Waals surface area contributed by atoms with E-state index in [2.05, 4.69) is 65.0 Å². The van der Waals surface area contributed by atoms with Gasteiger partial charge in [0.1, 0.15) is 12.1 Å². The molecule has 1 atom stereocenters. The molecular weight excluding hydrogens is 601 g/mol. The van der Waals surface area contributed by atoms with E-state index in [4.69, 9.17) is 0 Å². The van der Waals surface area contributed by atoms with Gasteiger partial charge in [0.25, 0.3) is 0 Å². The lowest BCUT2D eigenvalue weighted by Crippen LogP contribution is -2.26. The van der Waals surface area contributed by atoms with Crippen LogP contribution in [0.15, 0.2) is 77.4 Å². The summed E-state index contributed by atoms with van der Waals surface area (Å²) in [6, 6.07) is 17.1. The van der Waals surface area contributed by atoms with E-state index in [1.54, 1.807) is 0 Å². The summed E-state index contributed by atoms with van der Waals surface area (Å²) in [4.78, 5) is 22.1. The summed E-state index contributed by atoms with van der Waals surface area (Å²) in [6.45, 7) is 10.8. The summed E-state index contributed by atoms with van der Waals surface area (Å²) in [7, 11) is 0. The predicted octanol–water partition coefficient (Wildman–Crippen LogP) is 7.72. The van der Waals surface area contributed by atoms with Crippen molar-refractivity contribution in [2.24, 2.45) is 4.99 Å². The monoisotopic (exact) mass is 634 g/mol. The van der Waals surface area contributed by atoms with Gasteiger partial charge in [0.15, 0.2) is 10.6 Å². The number of nitrogens with zero attached hydrogens (tertiary/aromatic N) is 5. The third-order valence-electron chi connectivity index (χ3n) is 7.35. The van der Waals surface area contributed by atoms with E-state index < -0.39 is 6.36 Å². The highest BCUT2D eigenvalue weighted by Crippen LogP contribution is 2.26. The molecule has 0 fully saturated rings. The summed E-state index contributed by atoms with van der Waals surface area (Å²) < 4.78 is 44.7. The number of benzene rings is 3. The van der Waals surface area contributed by atoms with Crippen molar-refractivity contribution in [3.63, 3.8) is 0 Å². The van der Waals surface area contributed by atoms with Gasteiger partial charge < -0.3 is 10.1 Å². The Morgan fingerprint density at radius 1 is 1.02 bits per heavy atom. The average Bonchev–Trinajstić information content (AvgIpc) is 3.60. The molecule has 45 heavy (non-hydrogen) atoms. The number of amides is 2. The molecule has 234 valence electrons. The molecule has 5 aromatic rings. The number of hydrogen-bond donors (Lipinski definition) is 1. The topological polar surface area (TPSA) is 86.3 Å². The summed E-state index contributed by atoms with van der Waals surface area (Å²) >= 11 is 1.44. The minimum atomic E-state index is -4.75. The van der Waals surface area contributed by atoms with Crippen LogP contribution in [0.2, 0.25) is 0 Å². The van der Waals surface area contributed by atoms with Crippen molar-refractivity contribution in [3.8, 4) is 28.5 Å². The number of aryl methyl sites for hydroxylation is 4. The largest absolute Gasteiger partial charge is 0.573 e. The van der Waals surface area contributed by atoms with Crippen molar-refractivity contribution >= 4 is 17.4 Å². The van der Waals surface area contributed by atoms with Gasteiger partial charge in [0, 0.05) is 23.2 Å². The van der Waals surface area contributed by atoms with E-state index in [0.29, 0.717) is 22.9 Å². The predicted molar refractivity (Wildman–Crippen MR) is 168 cm³/mol. The summed E-state index contributed by atoms with van der Waals surface area (Å²) in [6.07, 6.45) is -2.52. The SMILES string of the molecule is Cc1cc(C)c(-n2c(C)csc2=NC(=O)NCCC(C)c2ccc(-c3ncn(-c4ccc(OC(F)(F)F)cc4)n3)cc2)c(C)c1. The molecule has 12 heteroatoms. The first-order valence-electron chi connectivity index (χ1n) is 14.3. The van der Waals surface area contributed by atoms with Crippen molar-refractivity contribution in [2.75, 3.05) is 6.54 Å². The van der Waals surface area contributed by atoms with Crippen LogP contribution in [0.1, 0.15) is 47.2 Å². The fourth-order valence-corrected chi connectivity index (χ4v) is 6.10. The number of carbonyl (C=O) groups is 1. The van der Waals surface area contributed by atoms with Crippen LogP contribution in [-0.4, -0.2) is 38.3 Å². The van der Waals surface area contributed by atoms with Crippen molar-refractivity contribution in [3.05, 3.63) is 105 Å². The van der Waals surface area contributed by atoms with Crippen molar-refractivity contribution < 1.29 is 22.7 Å². The second-order valence-corrected chi connectivity index (χ2v) is 11.8. The molecule has 0 saturated carbocycles. The Balaban J connectivity index is 1.18. The highest BCUT2D eigenvalue weighted by molar-refractivity contribution is 7.07. The molecule has 0 saturated heterocycles. The van der Waals surface area contributed by atoms with Gasteiger partial charge in [0.2, 0.25) is 0 Å². The molecule has 2 aromatic heterocycles. The van der Waals surface area contributed by atoms with Crippen molar-refractivity contribution in [1.29, 1.82) is 0 Å². The van der Waals surface area contributed by atoms with Gasteiger partial charge in [-0.1, -0.05) is 48.9 Å². The van der Waals surface area contributed by atoms with Crippen LogP contribution >= 0.6 is 11.3 Å². The molecule has 0 radical (unpaired) electrons. The first-order valence-corrected chi connectivity index (χ1v) is 15.2. The molecule has 0 aliphatic carbocycles. The average molecular weight is 635 g/mol. The minimum Gasteiger partial charge on any atom is -0.406 e. The molecule has 0 spiro atoms. The molecule has 2 amide bonds. The molecular formula is C33H33F3N6O2S. The second kappa shape index (κ2) is 13.1. The van der Waals surface area contributed by atoms with Crippen LogP contribution in [0.5, 0.6) is 5.75 Å². The lowest BCUT2D eigenvalue weighted by molar-refractivity contribution is -0.274. The molecule has 0 aliphatic rings. The number of alkyl halides is 3. The number of thiazole rings is 1. The molecule has 1 unspecified atom stereocenters. The Kier molecular flexibility index (Phi) is 9.24. The molecule has 5 rings (SSSR count). The molecule has 1 N–H and O–H groups in total. The number of urea groups is 1. The smallest absolute Gasteiger partial charge is 0.406 e. The molecule has 0 aliphatic heterocycles. The Morgan fingerprint density at radius 2 is 1.69 bits per heavy atom. The highest BCUT2D eigenvalue weighted by atomic mass is 32.1. The molecule has 3 aromatic carbocycles. The third-order valence-corrected chi connectivity index (χ3v) is 8.30. The number of nitrogens with one attached hydrogen (secondary N) is 1. The van der Waals surface area contributed by atoms with Crippen LogP contribution in [0.4, 0.5) is 18.0 Å². The van der Waals surface area contributed by atoms with E-state index in [9.17, 15) is 18.0 Å². The fourth-order valence-electron chi connectivity index (χ4n) is 5.24. The van der Waals surface area contributed by atoms with Gasteiger partial charge in [-0.3, -0.25) is 4.57 Å². The van der Waals surface area contributed by atoms with E-state index in [-0.39, 0.29) is 17.7 Å². The van der Waals surface area contributed by atoms with Crippen molar-refractivity contribution in [2.45, 2.75) is 53.3 Å². The van der Waals surface area contributed by atoms with Crippen LogP contribution in [0.25, 0.3) is 22.8 Å². The molecule has 8 nitrogen and oxygen atoms in total. The van der Waals surface area contributed by atoms with Gasteiger partial charge >= 0.3 is 12.4 Å². The fraction of sp³-hybridized carbons (Fsp3) is 0.273. The Hall–Kier alpha value is -4.71. The summed E-state index contributed by atoms with van der Waals surface area (Å²) in [5, 5.41) is 9.39. The second-order valence-electron chi connectivity index (χ2n) is 11.0. The number of hydrogen-bond acceptors (Lipinski definition) is 5. The van der Waals surface area contributed by atoms with E-state index >= 15 is 0 Å². The lowest BCUT2D eigenvalue weighted by atomic mass is 9.96. The number of aromatic nitrogens is 4. The maximum Gasteiger partial charge on any atom is 0.573 e. The highest BCUT2D eigenvalue weighted by Gasteiger charge is 2.31. The van der Waals surface area contributed by atoms with E-state index in [1.807, 2.05) is 41.1 Å². The first-order chi connectivity index (χ1) is 21.4. The van der Waals surface area contributed by atoms with E-state index in [0.717, 1.165) is 40.1 Å². The van der Waals surface area contributed by atoms with E-state index in [1.165, 1.54) is 52.2 Å². The summed E-state index contributed by atoms with van der Waals surface area (Å²) in [5.74, 6) is 0.351. The zero-order valence-electron chi connectivity index (χ0n) is 25.5. The maximum atomic E-state index is 12.8. The van der Waals surface area contributed by atoms with Gasteiger partial charge in [-0.15, -0.1) is 29.6 Å². The zero-order chi connectivity index (χ0) is 32.3. The lowest BCUT2D eigenvalue weighted by Gasteiger charge is -2.14. The number of carbonyl (C=O) groups excluding carboxylic acids is 1. The first kappa shape index (κ1) is 31.7. The van der Waals surface area contributed by atoms with Crippen LogP contribution < -0.4 is 14.9 Å². The Morgan fingerprint density at radius 3 is 2.33 bits per heavy atom. The number of ether oxygens (including phenoxy) is 1. The van der Waals surface area contributed by atoms with Crippen LogP contribution in [0.3, 0.4) is 0 Å². The number of rotatable bonds is 8. The Labute approximate surface area is 262 Å². The van der Waals surface area contributed by atoms with Gasteiger partial charge in [0.05, 0.1) is 11.4 Å². The van der Waals surface area contributed by atoms with Gasteiger partial charge in [-0.2, -0.15) is 4.99 Å². The quantitative estimate of drug-likeness (QED) is 0.189. The standard InChI is InChI=1S/C33H33F3N6O2S/c1-20-16-22(3)29(23(4)17-20)42-24(5)18-45-32(42)39-31(43)37-15-14-21(2)25-6-8-26(9-7-25)30-38-19-41(40-30)27-10-12-28(13-11-27)44-33(34,35)36/h6-13,16-19,21H,14-15H2,1-5H3,(H,37,43). The van der Waals surface area contributed by atoms with Crippen molar-refractivity contribution in [1.82, 2.24) is 24.6 Å².